The van der Waals surface area contributed by atoms with Crippen molar-refractivity contribution in [1.29, 1.82) is 0 Å². The number of thiazole rings is 1. The molecule has 0 fully saturated rings. The van der Waals surface area contributed by atoms with Gasteiger partial charge in [0.25, 0.3) is 0 Å². The van der Waals surface area contributed by atoms with Crippen LogP contribution in [-0.4, -0.2) is 10.9 Å². The van der Waals surface area contributed by atoms with Crippen molar-refractivity contribution < 1.29 is 4.79 Å². The Morgan fingerprint density at radius 3 is 2.67 bits per heavy atom. The Morgan fingerprint density at radius 1 is 1.24 bits per heavy atom. The Labute approximate surface area is 131 Å². The van der Waals surface area contributed by atoms with Crippen molar-refractivity contribution in [3.8, 4) is 10.4 Å². The van der Waals surface area contributed by atoms with Gasteiger partial charge in [0.2, 0.25) is 5.91 Å². The van der Waals surface area contributed by atoms with Crippen LogP contribution in [0, 0.1) is 6.92 Å². The predicted molar refractivity (Wildman–Crippen MR) is 88.9 cm³/mol. The Hall–Kier alpha value is -1.98. The van der Waals surface area contributed by atoms with E-state index >= 15 is 0 Å². The number of carbonyl (C=O) groups excluding carboxylic acids is 1. The first-order valence-electron chi connectivity index (χ1n) is 6.56. The molecule has 3 aromatic rings. The lowest BCUT2D eigenvalue weighted by Gasteiger charge is -2.03. The summed E-state index contributed by atoms with van der Waals surface area (Å²) in [5.74, 6) is -0.0341. The Balaban J connectivity index is 1.63. The maximum Gasteiger partial charge on any atom is 0.230 e. The highest BCUT2D eigenvalue weighted by Crippen LogP contribution is 2.25. The van der Waals surface area contributed by atoms with Gasteiger partial charge in [-0.3, -0.25) is 4.79 Å². The van der Waals surface area contributed by atoms with Crippen LogP contribution in [0.25, 0.3) is 10.4 Å². The molecule has 0 saturated carbocycles. The maximum atomic E-state index is 12.0. The largest absolute Gasteiger partial charge is 0.302 e. The molecule has 2 heterocycles. The molecule has 0 unspecified atom stereocenters. The molecule has 5 heteroatoms. The number of aromatic nitrogens is 1. The molecule has 2 aromatic heterocycles. The second-order valence-electron chi connectivity index (χ2n) is 4.68. The minimum atomic E-state index is -0.0341. The van der Waals surface area contributed by atoms with E-state index in [2.05, 4.69) is 33.9 Å². The van der Waals surface area contributed by atoms with Crippen LogP contribution in [0.15, 0.2) is 48.0 Å². The van der Waals surface area contributed by atoms with Gasteiger partial charge < -0.3 is 5.32 Å². The number of hydrogen-bond acceptors (Lipinski definition) is 4. The minimum Gasteiger partial charge on any atom is -0.302 e. The van der Waals surface area contributed by atoms with Crippen LogP contribution in [-0.2, 0) is 11.2 Å². The van der Waals surface area contributed by atoms with Gasteiger partial charge in [-0.2, -0.15) is 0 Å². The summed E-state index contributed by atoms with van der Waals surface area (Å²) in [4.78, 5) is 18.4. The summed E-state index contributed by atoms with van der Waals surface area (Å²) in [5.41, 5.74) is 2.19. The number of aryl methyl sites for hydroxylation is 1. The number of nitrogens with one attached hydrogen (secondary N) is 1. The van der Waals surface area contributed by atoms with Crippen LogP contribution in [0.4, 0.5) is 5.13 Å². The van der Waals surface area contributed by atoms with Gasteiger partial charge in [0.05, 0.1) is 6.42 Å². The quantitative estimate of drug-likeness (QED) is 0.777. The van der Waals surface area contributed by atoms with E-state index in [0.29, 0.717) is 11.6 Å². The molecule has 0 aliphatic heterocycles. The molecule has 106 valence electrons. The van der Waals surface area contributed by atoms with E-state index in [0.717, 1.165) is 10.4 Å². The number of amides is 1. The molecule has 1 N–H and O–H groups in total. The SMILES string of the molecule is Cc1cnc(NC(=O)Cc2ccc(-c3cccs3)cc2)s1. The van der Waals surface area contributed by atoms with E-state index in [9.17, 15) is 4.79 Å². The lowest BCUT2D eigenvalue weighted by Crippen LogP contribution is -2.14. The van der Waals surface area contributed by atoms with Crippen molar-refractivity contribution in [2.24, 2.45) is 0 Å². The van der Waals surface area contributed by atoms with Crippen molar-refractivity contribution in [3.63, 3.8) is 0 Å². The van der Waals surface area contributed by atoms with Crippen molar-refractivity contribution in [2.75, 3.05) is 5.32 Å². The molecule has 3 rings (SSSR count). The van der Waals surface area contributed by atoms with Crippen molar-refractivity contribution in [1.82, 2.24) is 4.98 Å². The zero-order valence-electron chi connectivity index (χ0n) is 11.5. The van der Waals surface area contributed by atoms with Crippen molar-refractivity contribution in [3.05, 3.63) is 58.4 Å². The van der Waals surface area contributed by atoms with Crippen molar-refractivity contribution >= 4 is 33.7 Å². The molecule has 0 bridgehead atoms. The second kappa shape index (κ2) is 6.20. The van der Waals surface area contributed by atoms with Crippen LogP contribution in [0.1, 0.15) is 10.4 Å². The zero-order valence-corrected chi connectivity index (χ0v) is 13.1. The molecule has 21 heavy (non-hydrogen) atoms. The highest BCUT2D eigenvalue weighted by molar-refractivity contribution is 7.15. The lowest BCUT2D eigenvalue weighted by atomic mass is 10.1. The number of carbonyl (C=O) groups is 1. The van der Waals surface area contributed by atoms with Crippen molar-refractivity contribution in [2.45, 2.75) is 13.3 Å². The Kier molecular flexibility index (Phi) is 4.13. The van der Waals surface area contributed by atoms with Gasteiger partial charge in [0, 0.05) is 16.0 Å². The van der Waals surface area contributed by atoms with Gasteiger partial charge in [0.1, 0.15) is 0 Å². The summed E-state index contributed by atoms with van der Waals surface area (Å²) < 4.78 is 0. The highest BCUT2D eigenvalue weighted by atomic mass is 32.1. The van der Waals surface area contributed by atoms with E-state index in [4.69, 9.17) is 0 Å². The van der Waals surface area contributed by atoms with Crippen LogP contribution in [0.2, 0.25) is 0 Å². The summed E-state index contributed by atoms with van der Waals surface area (Å²) in [5, 5.41) is 5.55. The fraction of sp³-hybridized carbons (Fsp3) is 0.125. The number of thiophene rings is 1. The molecular weight excluding hydrogens is 300 g/mol. The first kappa shape index (κ1) is 14.0. The number of nitrogens with zero attached hydrogens (tertiary/aromatic N) is 1. The smallest absolute Gasteiger partial charge is 0.230 e. The van der Waals surface area contributed by atoms with E-state index in [-0.39, 0.29) is 5.91 Å². The number of rotatable bonds is 4. The van der Waals surface area contributed by atoms with Gasteiger partial charge in [-0.25, -0.2) is 4.98 Å². The molecule has 0 atom stereocenters. The van der Waals surface area contributed by atoms with Gasteiger partial charge in [-0.15, -0.1) is 22.7 Å². The third kappa shape index (κ3) is 3.56. The standard InChI is InChI=1S/C16H14N2OS2/c1-11-10-17-16(21-11)18-15(19)9-12-4-6-13(7-5-12)14-3-2-8-20-14/h2-8,10H,9H2,1H3,(H,17,18,19). The first-order valence-corrected chi connectivity index (χ1v) is 8.25. The molecule has 0 saturated heterocycles. The average molecular weight is 314 g/mol. The molecule has 0 radical (unpaired) electrons. The number of anilines is 1. The lowest BCUT2D eigenvalue weighted by molar-refractivity contribution is -0.115. The van der Waals surface area contributed by atoms with E-state index in [1.54, 1.807) is 17.5 Å². The van der Waals surface area contributed by atoms with Crippen LogP contribution in [0.5, 0.6) is 0 Å². The Morgan fingerprint density at radius 2 is 2.05 bits per heavy atom. The van der Waals surface area contributed by atoms with E-state index in [1.807, 2.05) is 25.1 Å². The second-order valence-corrected chi connectivity index (χ2v) is 6.86. The van der Waals surface area contributed by atoms with Gasteiger partial charge >= 0.3 is 0 Å². The van der Waals surface area contributed by atoms with E-state index in [1.165, 1.54) is 21.8 Å². The summed E-state index contributed by atoms with van der Waals surface area (Å²) >= 11 is 3.20. The molecule has 0 aliphatic carbocycles. The maximum absolute atomic E-state index is 12.0. The highest BCUT2D eigenvalue weighted by Gasteiger charge is 2.07. The fourth-order valence-electron chi connectivity index (χ4n) is 1.99. The normalized spacial score (nSPS) is 10.5. The topological polar surface area (TPSA) is 42.0 Å². The van der Waals surface area contributed by atoms with Crippen LogP contribution >= 0.6 is 22.7 Å². The fourth-order valence-corrected chi connectivity index (χ4v) is 3.40. The summed E-state index contributed by atoms with van der Waals surface area (Å²) in [7, 11) is 0. The number of benzene rings is 1. The van der Waals surface area contributed by atoms with E-state index < -0.39 is 0 Å². The molecule has 1 aromatic carbocycles. The van der Waals surface area contributed by atoms with Gasteiger partial charge in [0.15, 0.2) is 5.13 Å². The third-order valence-corrected chi connectivity index (χ3v) is 4.74. The summed E-state index contributed by atoms with van der Waals surface area (Å²) in [6.45, 7) is 1.97. The average Bonchev–Trinajstić information content (AvgIpc) is 3.11. The molecule has 1 amide bonds. The van der Waals surface area contributed by atoms with Crippen LogP contribution < -0.4 is 5.32 Å². The van der Waals surface area contributed by atoms with Crippen LogP contribution in [0.3, 0.4) is 0 Å². The minimum absolute atomic E-state index is 0.0341. The zero-order chi connectivity index (χ0) is 14.7. The predicted octanol–water partition coefficient (Wildman–Crippen LogP) is 4.36. The first-order chi connectivity index (χ1) is 10.2. The Bertz CT molecular complexity index is 730. The molecule has 3 nitrogen and oxygen atoms in total. The molecular formula is C16H14N2OS2. The monoisotopic (exact) mass is 314 g/mol. The summed E-state index contributed by atoms with van der Waals surface area (Å²) in [6.07, 6.45) is 2.12. The number of hydrogen-bond donors (Lipinski definition) is 1. The summed E-state index contributed by atoms with van der Waals surface area (Å²) in [6, 6.07) is 12.3. The molecule has 0 spiro atoms. The third-order valence-electron chi connectivity index (χ3n) is 2.99. The molecule has 0 aliphatic rings. The van der Waals surface area contributed by atoms with Gasteiger partial charge in [-0.1, -0.05) is 30.3 Å². The van der Waals surface area contributed by atoms with Gasteiger partial charge in [-0.05, 0) is 29.5 Å².